The van der Waals surface area contributed by atoms with Crippen LogP contribution >= 0.6 is 0 Å². The van der Waals surface area contributed by atoms with Crippen molar-refractivity contribution in [2.24, 2.45) is 0 Å². The van der Waals surface area contributed by atoms with Gasteiger partial charge in [0.2, 0.25) is 0 Å². The number of carboxylic acids is 1. The molecular weight excluding hydrogens is 259 g/mol. The zero-order valence-electron chi connectivity index (χ0n) is 11.5. The Morgan fingerprint density at radius 1 is 1.55 bits per heavy atom. The summed E-state index contributed by atoms with van der Waals surface area (Å²) in [7, 11) is 0. The van der Waals surface area contributed by atoms with Crippen molar-refractivity contribution in [3.63, 3.8) is 0 Å². The first kappa shape index (κ1) is 15.7. The summed E-state index contributed by atoms with van der Waals surface area (Å²) in [5.74, 6) is -1.52. The predicted molar refractivity (Wildman–Crippen MR) is 75.8 cm³/mol. The third-order valence-electron chi connectivity index (χ3n) is 2.80. The van der Waals surface area contributed by atoms with E-state index in [0.29, 0.717) is 17.8 Å². The summed E-state index contributed by atoms with van der Waals surface area (Å²) in [4.78, 5) is 12.4. The van der Waals surface area contributed by atoms with E-state index in [0.717, 1.165) is 6.08 Å². The highest BCUT2D eigenvalue weighted by atomic mass is 19.1. The normalized spacial score (nSPS) is 10.8. The molecular formula is C15H17FN2O2. The van der Waals surface area contributed by atoms with Gasteiger partial charge >= 0.3 is 5.97 Å². The fourth-order valence-electron chi connectivity index (χ4n) is 1.93. The van der Waals surface area contributed by atoms with Gasteiger partial charge in [-0.05, 0) is 26.0 Å². The number of para-hydroxylation sites is 1. The van der Waals surface area contributed by atoms with Gasteiger partial charge < -0.3 is 10.0 Å². The van der Waals surface area contributed by atoms with Crippen molar-refractivity contribution in [1.82, 2.24) is 0 Å². The van der Waals surface area contributed by atoms with E-state index in [9.17, 15) is 9.18 Å². The molecule has 0 radical (unpaired) electrons. The van der Waals surface area contributed by atoms with Gasteiger partial charge in [-0.25, -0.2) is 9.18 Å². The molecule has 0 amide bonds. The summed E-state index contributed by atoms with van der Waals surface area (Å²) < 4.78 is 14.1. The Balaban J connectivity index is 3.25. The molecule has 0 heterocycles. The van der Waals surface area contributed by atoms with E-state index in [1.165, 1.54) is 18.2 Å². The number of anilines is 1. The van der Waals surface area contributed by atoms with Crippen LogP contribution in [0.1, 0.15) is 25.8 Å². The van der Waals surface area contributed by atoms with Crippen molar-refractivity contribution < 1.29 is 14.3 Å². The Kier molecular flexibility index (Phi) is 5.73. The molecule has 0 aromatic heterocycles. The molecule has 4 nitrogen and oxygen atoms in total. The van der Waals surface area contributed by atoms with Crippen molar-refractivity contribution in [1.29, 1.82) is 5.26 Å². The lowest BCUT2D eigenvalue weighted by Gasteiger charge is -2.30. The molecule has 0 saturated heterocycles. The maximum absolute atomic E-state index is 14.1. The zero-order valence-corrected chi connectivity index (χ0v) is 11.5. The minimum atomic E-state index is -1.09. The van der Waals surface area contributed by atoms with Crippen LogP contribution in [0.3, 0.4) is 0 Å². The van der Waals surface area contributed by atoms with Crippen LogP contribution in [0, 0.1) is 17.1 Å². The van der Waals surface area contributed by atoms with Crippen molar-refractivity contribution >= 4 is 17.7 Å². The van der Waals surface area contributed by atoms with Crippen LogP contribution < -0.4 is 4.90 Å². The van der Waals surface area contributed by atoms with Crippen molar-refractivity contribution in [2.45, 2.75) is 26.3 Å². The van der Waals surface area contributed by atoms with Crippen molar-refractivity contribution in [3.8, 4) is 6.07 Å². The topological polar surface area (TPSA) is 64.3 Å². The quantitative estimate of drug-likeness (QED) is 0.811. The molecule has 1 aromatic rings. The standard InChI is InChI=1S/C15H17FN2O2/c1-11(2)18(10-4-9-17)15-12(7-8-14(19)20)5-3-6-13(15)16/h3,5-8,11H,4,10H2,1-2H3,(H,19,20)/b8-7+. The summed E-state index contributed by atoms with van der Waals surface area (Å²) in [6.45, 7) is 4.19. The van der Waals surface area contributed by atoms with Crippen LogP contribution in [0.25, 0.3) is 6.08 Å². The Labute approximate surface area is 117 Å². The molecule has 0 atom stereocenters. The maximum atomic E-state index is 14.1. The number of hydrogen-bond donors (Lipinski definition) is 1. The van der Waals surface area contributed by atoms with Gasteiger partial charge in [-0.3, -0.25) is 0 Å². The van der Waals surface area contributed by atoms with E-state index in [4.69, 9.17) is 10.4 Å². The summed E-state index contributed by atoms with van der Waals surface area (Å²) >= 11 is 0. The molecule has 0 bridgehead atoms. The summed E-state index contributed by atoms with van der Waals surface area (Å²) in [5.41, 5.74) is 0.814. The van der Waals surface area contributed by atoms with E-state index in [2.05, 4.69) is 0 Å². The van der Waals surface area contributed by atoms with Gasteiger partial charge in [0.1, 0.15) is 5.82 Å². The van der Waals surface area contributed by atoms with E-state index in [-0.39, 0.29) is 12.5 Å². The Morgan fingerprint density at radius 2 is 2.25 bits per heavy atom. The summed E-state index contributed by atoms with van der Waals surface area (Å²) in [6, 6.07) is 6.55. The average Bonchev–Trinajstić information content (AvgIpc) is 2.38. The number of carboxylic acid groups (broad SMARTS) is 1. The van der Waals surface area contributed by atoms with Gasteiger partial charge in [0.25, 0.3) is 0 Å². The molecule has 0 saturated carbocycles. The fraction of sp³-hybridized carbons (Fsp3) is 0.333. The van der Waals surface area contributed by atoms with Crippen LogP contribution in [-0.2, 0) is 4.79 Å². The van der Waals surface area contributed by atoms with Gasteiger partial charge in [0.05, 0.1) is 18.2 Å². The lowest BCUT2D eigenvalue weighted by Crippen LogP contribution is -2.33. The number of benzene rings is 1. The minimum Gasteiger partial charge on any atom is -0.478 e. The highest BCUT2D eigenvalue weighted by Gasteiger charge is 2.17. The number of carbonyl (C=O) groups is 1. The van der Waals surface area contributed by atoms with E-state index in [1.807, 2.05) is 19.9 Å². The maximum Gasteiger partial charge on any atom is 0.328 e. The van der Waals surface area contributed by atoms with Crippen LogP contribution in [0.5, 0.6) is 0 Å². The first-order valence-electron chi connectivity index (χ1n) is 6.30. The monoisotopic (exact) mass is 276 g/mol. The van der Waals surface area contributed by atoms with E-state index < -0.39 is 11.8 Å². The molecule has 1 N–H and O–H groups in total. The lowest BCUT2D eigenvalue weighted by molar-refractivity contribution is -0.131. The van der Waals surface area contributed by atoms with Gasteiger partial charge in [-0.2, -0.15) is 5.26 Å². The number of rotatable bonds is 6. The predicted octanol–water partition coefficient (Wildman–Crippen LogP) is 3.05. The first-order valence-corrected chi connectivity index (χ1v) is 6.30. The fourth-order valence-corrected chi connectivity index (χ4v) is 1.93. The van der Waals surface area contributed by atoms with E-state index in [1.54, 1.807) is 11.0 Å². The van der Waals surface area contributed by atoms with Crippen LogP contribution in [-0.4, -0.2) is 23.7 Å². The highest BCUT2D eigenvalue weighted by Crippen LogP contribution is 2.27. The number of hydrogen-bond acceptors (Lipinski definition) is 3. The van der Waals surface area contributed by atoms with Crippen molar-refractivity contribution in [2.75, 3.05) is 11.4 Å². The van der Waals surface area contributed by atoms with E-state index >= 15 is 0 Å². The minimum absolute atomic E-state index is 0.00257. The molecule has 5 heteroatoms. The second-order valence-corrected chi connectivity index (χ2v) is 4.54. The molecule has 0 aliphatic rings. The van der Waals surface area contributed by atoms with Crippen LogP contribution in [0.2, 0.25) is 0 Å². The Bertz CT molecular complexity index is 547. The third-order valence-corrected chi connectivity index (χ3v) is 2.80. The molecule has 0 aliphatic carbocycles. The SMILES string of the molecule is CC(C)N(CCC#N)c1c(F)cccc1/C=C/C(=O)O. The largest absolute Gasteiger partial charge is 0.478 e. The Hall–Kier alpha value is -2.35. The lowest BCUT2D eigenvalue weighted by atomic mass is 10.1. The van der Waals surface area contributed by atoms with Gasteiger partial charge in [-0.1, -0.05) is 12.1 Å². The molecule has 1 aromatic carbocycles. The number of halogens is 1. The zero-order chi connectivity index (χ0) is 15.1. The molecule has 0 fully saturated rings. The van der Waals surface area contributed by atoms with Gasteiger partial charge in [0.15, 0.2) is 0 Å². The summed E-state index contributed by atoms with van der Waals surface area (Å²) in [5, 5.41) is 17.4. The second kappa shape index (κ2) is 7.29. The number of aliphatic carboxylic acids is 1. The molecule has 0 unspecified atom stereocenters. The second-order valence-electron chi connectivity index (χ2n) is 4.54. The third kappa shape index (κ3) is 4.09. The molecule has 0 spiro atoms. The average molecular weight is 276 g/mol. The summed E-state index contributed by atoms with van der Waals surface area (Å²) in [6.07, 6.45) is 2.61. The van der Waals surface area contributed by atoms with Crippen LogP contribution in [0.4, 0.5) is 10.1 Å². The molecule has 1 rings (SSSR count). The Morgan fingerprint density at radius 3 is 2.80 bits per heavy atom. The molecule has 106 valence electrons. The number of nitrogens with zero attached hydrogens (tertiary/aromatic N) is 2. The van der Waals surface area contributed by atoms with Crippen LogP contribution in [0.15, 0.2) is 24.3 Å². The van der Waals surface area contributed by atoms with Crippen molar-refractivity contribution in [3.05, 3.63) is 35.7 Å². The van der Waals surface area contributed by atoms with Gasteiger partial charge in [0, 0.05) is 24.2 Å². The molecule has 0 aliphatic heterocycles. The van der Waals surface area contributed by atoms with Gasteiger partial charge in [-0.15, -0.1) is 0 Å². The smallest absolute Gasteiger partial charge is 0.328 e. The number of nitriles is 1. The molecule has 20 heavy (non-hydrogen) atoms. The first-order chi connectivity index (χ1) is 9.47. The highest BCUT2D eigenvalue weighted by molar-refractivity contribution is 5.87.